The van der Waals surface area contributed by atoms with Crippen LogP contribution in [0.2, 0.25) is 0 Å². The van der Waals surface area contributed by atoms with Gasteiger partial charge >= 0.3 is 5.97 Å². The molecule has 1 N–H and O–H groups in total. The monoisotopic (exact) mass is 243 g/mol. The first-order chi connectivity index (χ1) is 8.41. The molecular formula is C15H17NO2. The molecule has 18 heavy (non-hydrogen) atoms. The average molecular weight is 243 g/mol. The maximum absolute atomic E-state index is 11.2. The van der Waals surface area contributed by atoms with Crippen molar-refractivity contribution >= 4 is 5.97 Å². The fourth-order valence-electron chi connectivity index (χ4n) is 2.08. The van der Waals surface area contributed by atoms with E-state index < -0.39 is 5.97 Å². The highest BCUT2D eigenvalue weighted by molar-refractivity contribution is 5.86. The van der Waals surface area contributed by atoms with Crippen molar-refractivity contribution < 1.29 is 9.90 Å². The Balaban J connectivity index is 2.65. The molecule has 1 heterocycles. The van der Waals surface area contributed by atoms with Crippen LogP contribution in [0.3, 0.4) is 0 Å². The van der Waals surface area contributed by atoms with Crippen LogP contribution in [0.15, 0.2) is 42.6 Å². The number of aromatic carboxylic acids is 1. The Morgan fingerprint density at radius 1 is 1.11 bits per heavy atom. The lowest BCUT2D eigenvalue weighted by atomic mass is 9.85. The summed E-state index contributed by atoms with van der Waals surface area (Å²) >= 11 is 0. The Labute approximate surface area is 107 Å². The van der Waals surface area contributed by atoms with Gasteiger partial charge in [-0.3, -0.25) is 0 Å². The molecule has 0 unspecified atom stereocenters. The van der Waals surface area contributed by atoms with Gasteiger partial charge in [0, 0.05) is 11.9 Å². The maximum atomic E-state index is 11.2. The number of carbonyl (C=O) groups is 1. The SMILES string of the molecule is CC(C)(C)c1ccccc1-n1cccc1C(=O)O. The quantitative estimate of drug-likeness (QED) is 0.877. The van der Waals surface area contributed by atoms with E-state index in [1.807, 2.05) is 24.3 Å². The van der Waals surface area contributed by atoms with Crippen molar-refractivity contribution in [3.63, 3.8) is 0 Å². The van der Waals surface area contributed by atoms with Crippen molar-refractivity contribution in [3.8, 4) is 5.69 Å². The van der Waals surface area contributed by atoms with Crippen LogP contribution in [0.5, 0.6) is 0 Å². The Morgan fingerprint density at radius 3 is 2.39 bits per heavy atom. The second-order valence-electron chi connectivity index (χ2n) is 5.34. The molecule has 94 valence electrons. The third-order valence-corrected chi connectivity index (χ3v) is 2.94. The Kier molecular flexibility index (Phi) is 2.99. The van der Waals surface area contributed by atoms with Crippen LogP contribution in [0.1, 0.15) is 36.8 Å². The molecule has 0 aliphatic carbocycles. The molecule has 0 radical (unpaired) electrons. The molecule has 0 saturated carbocycles. The van der Waals surface area contributed by atoms with Crippen LogP contribution in [0, 0.1) is 0 Å². The predicted octanol–water partition coefficient (Wildman–Crippen LogP) is 3.47. The molecule has 2 rings (SSSR count). The molecule has 0 spiro atoms. The third-order valence-electron chi connectivity index (χ3n) is 2.94. The van der Waals surface area contributed by atoms with Crippen LogP contribution in [0.4, 0.5) is 0 Å². The van der Waals surface area contributed by atoms with Gasteiger partial charge in [-0.25, -0.2) is 4.79 Å². The summed E-state index contributed by atoms with van der Waals surface area (Å²) in [6, 6.07) is 11.3. The predicted molar refractivity (Wildman–Crippen MR) is 71.4 cm³/mol. The van der Waals surface area contributed by atoms with Gasteiger partial charge in [0.15, 0.2) is 0 Å². The van der Waals surface area contributed by atoms with Crippen molar-refractivity contribution in [2.75, 3.05) is 0 Å². The van der Waals surface area contributed by atoms with Crippen molar-refractivity contribution in [1.29, 1.82) is 0 Å². The van der Waals surface area contributed by atoms with Gasteiger partial charge in [0.25, 0.3) is 0 Å². The second kappa shape index (κ2) is 4.33. The van der Waals surface area contributed by atoms with Crippen molar-refractivity contribution in [1.82, 2.24) is 4.57 Å². The van der Waals surface area contributed by atoms with Gasteiger partial charge in [0.1, 0.15) is 5.69 Å². The first-order valence-electron chi connectivity index (χ1n) is 5.92. The summed E-state index contributed by atoms with van der Waals surface area (Å²) in [6.45, 7) is 6.36. The smallest absolute Gasteiger partial charge is 0.352 e. The number of hydrogen-bond acceptors (Lipinski definition) is 1. The van der Waals surface area contributed by atoms with E-state index in [1.165, 1.54) is 0 Å². The van der Waals surface area contributed by atoms with E-state index in [4.69, 9.17) is 0 Å². The third kappa shape index (κ3) is 2.16. The zero-order valence-corrected chi connectivity index (χ0v) is 10.8. The lowest BCUT2D eigenvalue weighted by molar-refractivity contribution is 0.0688. The molecule has 3 heteroatoms. The minimum Gasteiger partial charge on any atom is -0.477 e. The second-order valence-corrected chi connectivity index (χ2v) is 5.34. The number of hydrogen-bond donors (Lipinski definition) is 1. The zero-order valence-electron chi connectivity index (χ0n) is 10.8. The molecular weight excluding hydrogens is 226 g/mol. The first-order valence-corrected chi connectivity index (χ1v) is 5.92. The van der Waals surface area contributed by atoms with Crippen LogP contribution in [-0.4, -0.2) is 15.6 Å². The number of carboxylic acids is 1. The molecule has 0 amide bonds. The van der Waals surface area contributed by atoms with Gasteiger partial charge in [-0.1, -0.05) is 39.0 Å². The standard InChI is InChI=1S/C15H17NO2/c1-15(2,3)11-7-4-5-8-12(11)16-10-6-9-13(16)14(17)18/h4-10H,1-3H3,(H,17,18). The van der Waals surface area contributed by atoms with Gasteiger partial charge < -0.3 is 9.67 Å². The van der Waals surface area contributed by atoms with E-state index in [2.05, 4.69) is 20.8 Å². The Hall–Kier alpha value is -2.03. The van der Waals surface area contributed by atoms with Gasteiger partial charge in [-0.05, 0) is 29.2 Å². The molecule has 0 fully saturated rings. The first kappa shape index (κ1) is 12.4. The molecule has 1 aromatic heterocycles. The summed E-state index contributed by atoms with van der Waals surface area (Å²) in [5, 5.41) is 9.19. The molecule has 1 aromatic carbocycles. The van der Waals surface area contributed by atoms with Gasteiger partial charge in [-0.2, -0.15) is 0 Å². The maximum Gasteiger partial charge on any atom is 0.352 e. The van der Waals surface area contributed by atoms with Gasteiger partial charge in [0.05, 0.1) is 0 Å². The number of aromatic nitrogens is 1. The van der Waals surface area contributed by atoms with E-state index >= 15 is 0 Å². The summed E-state index contributed by atoms with van der Waals surface area (Å²) in [7, 11) is 0. The Bertz CT molecular complexity index is 576. The van der Waals surface area contributed by atoms with Crippen molar-refractivity contribution in [2.24, 2.45) is 0 Å². The fourth-order valence-corrected chi connectivity index (χ4v) is 2.08. The number of nitrogens with zero attached hydrogens (tertiary/aromatic N) is 1. The highest BCUT2D eigenvalue weighted by atomic mass is 16.4. The summed E-state index contributed by atoms with van der Waals surface area (Å²) in [4.78, 5) is 11.2. The summed E-state index contributed by atoms with van der Waals surface area (Å²) < 4.78 is 1.73. The molecule has 0 atom stereocenters. The zero-order chi connectivity index (χ0) is 13.3. The van der Waals surface area contributed by atoms with Crippen LogP contribution >= 0.6 is 0 Å². The van der Waals surface area contributed by atoms with E-state index in [0.29, 0.717) is 0 Å². The number of carboxylic acid groups (broad SMARTS) is 1. The lowest BCUT2D eigenvalue weighted by Gasteiger charge is -2.23. The van der Waals surface area contributed by atoms with Crippen LogP contribution in [0.25, 0.3) is 5.69 Å². The molecule has 0 bridgehead atoms. The molecule has 0 saturated heterocycles. The Morgan fingerprint density at radius 2 is 1.78 bits per heavy atom. The molecule has 2 aromatic rings. The normalized spacial score (nSPS) is 11.5. The average Bonchev–Trinajstić information content (AvgIpc) is 2.76. The van der Waals surface area contributed by atoms with Gasteiger partial charge in [-0.15, -0.1) is 0 Å². The molecule has 0 aliphatic heterocycles. The molecule has 0 aliphatic rings. The fraction of sp³-hybridized carbons (Fsp3) is 0.267. The van der Waals surface area contributed by atoms with Gasteiger partial charge in [0.2, 0.25) is 0 Å². The van der Waals surface area contributed by atoms with E-state index in [-0.39, 0.29) is 11.1 Å². The lowest BCUT2D eigenvalue weighted by Crippen LogP contribution is -2.16. The largest absolute Gasteiger partial charge is 0.477 e. The number of rotatable bonds is 2. The van der Waals surface area contributed by atoms with Crippen molar-refractivity contribution in [3.05, 3.63) is 53.9 Å². The molecule has 3 nitrogen and oxygen atoms in total. The number of para-hydroxylation sites is 1. The highest BCUT2D eigenvalue weighted by Gasteiger charge is 2.20. The highest BCUT2D eigenvalue weighted by Crippen LogP contribution is 2.29. The number of benzene rings is 1. The summed E-state index contributed by atoms with van der Waals surface area (Å²) in [5.74, 6) is -0.913. The summed E-state index contributed by atoms with van der Waals surface area (Å²) in [6.07, 6.45) is 1.79. The summed E-state index contributed by atoms with van der Waals surface area (Å²) in [5.41, 5.74) is 2.30. The van der Waals surface area contributed by atoms with E-state index in [9.17, 15) is 9.90 Å². The van der Waals surface area contributed by atoms with Crippen molar-refractivity contribution in [2.45, 2.75) is 26.2 Å². The minimum absolute atomic E-state index is 0.0311. The van der Waals surface area contributed by atoms with Crippen LogP contribution in [-0.2, 0) is 5.41 Å². The van der Waals surface area contributed by atoms with E-state index in [0.717, 1.165) is 11.3 Å². The van der Waals surface area contributed by atoms with Crippen LogP contribution < -0.4 is 0 Å². The minimum atomic E-state index is -0.913. The van der Waals surface area contributed by atoms with E-state index in [1.54, 1.807) is 22.9 Å². The topological polar surface area (TPSA) is 42.2 Å².